The van der Waals surface area contributed by atoms with Crippen molar-refractivity contribution in [3.8, 4) is 0 Å². The van der Waals surface area contributed by atoms with Gasteiger partial charge in [0.2, 0.25) is 5.89 Å². The molecule has 1 aliphatic rings. The summed E-state index contributed by atoms with van der Waals surface area (Å²) < 4.78 is 10.5. The van der Waals surface area contributed by atoms with Gasteiger partial charge in [-0.2, -0.15) is 0 Å². The van der Waals surface area contributed by atoms with Gasteiger partial charge in [0.15, 0.2) is 0 Å². The Morgan fingerprint density at radius 2 is 2.26 bits per heavy atom. The first-order chi connectivity index (χ1) is 9.09. The number of nitrogens with zero attached hydrogens (tertiary/aromatic N) is 2. The topological polar surface area (TPSA) is 72.2 Å². The normalized spacial score (nSPS) is 21.7. The third kappa shape index (κ3) is 4.47. The van der Waals surface area contributed by atoms with E-state index in [2.05, 4.69) is 34.7 Å². The molecule has 1 heterocycles. The number of hydrogen-bond acceptors (Lipinski definition) is 6. The minimum atomic E-state index is 0.419. The van der Waals surface area contributed by atoms with E-state index < -0.39 is 0 Å². The SMILES string of the molecule is COCCNCc1nnc(NC2CCC(C)(C)C2)o1. The van der Waals surface area contributed by atoms with Gasteiger partial charge in [0.25, 0.3) is 0 Å². The highest BCUT2D eigenvalue weighted by molar-refractivity contribution is 5.20. The molecule has 2 N–H and O–H groups in total. The summed E-state index contributed by atoms with van der Waals surface area (Å²) >= 11 is 0. The number of ether oxygens (including phenoxy) is 1. The van der Waals surface area contributed by atoms with Crippen molar-refractivity contribution >= 4 is 6.01 Å². The van der Waals surface area contributed by atoms with Crippen LogP contribution in [0.2, 0.25) is 0 Å². The zero-order valence-electron chi connectivity index (χ0n) is 12.0. The number of nitrogens with one attached hydrogen (secondary N) is 2. The molecule has 1 atom stereocenters. The second kappa shape index (κ2) is 6.34. The van der Waals surface area contributed by atoms with E-state index in [1.165, 1.54) is 6.42 Å². The molecule has 0 saturated heterocycles. The zero-order valence-corrected chi connectivity index (χ0v) is 12.0. The molecule has 0 aliphatic heterocycles. The van der Waals surface area contributed by atoms with Crippen LogP contribution >= 0.6 is 0 Å². The van der Waals surface area contributed by atoms with Crippen molar-refractivity contribution in [3.63, 3.8) is 0 Å². The summed E-state index contributed by atoms with van der Waals surface area (Å²) in [5.74, 6) is 0.607. The first kappa shape index (κ1) is 14.3. The maximum Gasteiger partial charge on any atom is 0.315 e. The second-order valence-corrected chi connectivity index (χ2v) is 5.92. The molecular formula is C13H24N4O2. The Hall–Kier alpha value is -1.14. The predicted octanol–water partition coefficient (Wildman–Crippen LogP) is 1.80. The van der Waals surface area contributed by atoms with E-state index in [-0.39, 0.29) is 0 Å². The number of hydrogen-bond donors (Lipinski definition) is 2. The fourth-order valence-electron chi connectivity index (χ4n) is 2.49. The minimum absolute atomic E-state index is 0.419. The van der Waals surface area contributed by atoms with Crippen LogP contribution in [0.1, 0.15) is 39.0 Å². The molecule has 6 nitrogen and oxygen atoms in total. The largest absolute Gasteiger partial charge is 0.407 e. The van der Waals surface area contributed by atoms with Crippen molar-refractivity contribution in [2.24, 2.45) is 5.41 Å². The van der Waals surface area contributed by atoms with Gasteiger partial charge in [-0.15, -0.1) is 5.10 Å². The average molecular weight is 268 g/mol. The van der Waals surface area contributed by atoms with Gasteiger partial charge >= 0.3 is 6.01 Å². The number of aromatic nitrogens is 2. The van der Waals surface area contributed by atoms with Gasteiger partial charge in [0.05, 0.1) is 13.2 Å². The first-order valence-electron chi connectivity index (χ1n) is 6.88. The molecule has 0 amide bonds. The van der Waals surface area contributed by atoms with Crippen molar-refractivity contribution in [2.75, 3.05) is 25.6 Å². The van der Waals surface area contributed by atoms with E-state index in [1.54, 1.807) is 7.11 Å². The Morgan fingerprint density at radius 3 is 2.95 bits per heavy atom. The van der Waals surface area contributed by atoms with E-state index in [4.69, 9.17) is 9.15 Å². The van der Waals surface area contributed by atoms with Gasteiger partial charge in [-0.1, -0.05) is 18.9 Å². The first-order valence-corrected chi connectivity index (χ1v) is 6.88. The maximum atomic E-state index is 5.56. The fourth-order valence-corrected chi connectivity index (χ4v) is 2.49. The molecule has 1 saturated carbocycles. The van der Waals surface area contributed by atoms with Crippen molar-refractivity contribution in [1.82, 2.24) is 15.5 Å². The molecule has 0 spiro atoms. The Kier molecular flexibility index (Phi) is 4.76. The fraction of sp³-hybridized carbons (Fsp3) is 0.846. The van der Waals surface area contributed by atoms with Crippen molar-refractivity contribution in [1.29, 1.82) is 0 Å². The highest BCUT2D eigenvalue weighted by atomic mass is 16.5. The Morgan fingerprint density at radius 1 is 1.42 bits per heavy atom. The second-order valence-electron chi connectivity index (χ2n) is 5.92. The molecule has 0 bridgehead atoms. The molecular weight excluding hydrogens is 244 g/mol. The van der Waals surface area contributed by atoms with Crippen LogP contribution in [0.3, 0.4) is 0 Å². The lowest BCUT2D eigenvalue weighted by atomic mass is 9.92. The van der Waals surface area contributed by atoms with Crippen LogP contribution in [0.15, 0.2) is 4.42 Å². The van der Waals surface area contributed by atoms with Gasteiger partial charge in [-0.25, -0.2) is 0 Å². The van der Waals surface area contributed by atoms with E-state index in [9.17, 15) is 0 Å². The Balaban J connectivity index is 1.75. The van der Waals surface area contributed by atoms with Gasteiger partial charge in [-0.05, 0) is 24.7 Å². The Bertz CT molecular complexity index is 392. The van der Waals surface area contributed by atoms with Gasteiger partial charge in [0, 0.05) is 19.7 Å². The molecule has 1 fully saturated rings. The summed E-state index contributed by atoms with van der Waals surface area (Å²) in [5, 5.41) is 14.5. The van der Waals surface area contributed by atoms with E-state index in [1.807, 2.05) is 0 Å². The highest BCUT2D eigenvalue weighted by Gasteiger charge is 2.31. The molecule has 0 radical (unpaired) electrons. The van der Waals surface area contributed by atoms with Crippen LogP contribution in [-0.2, 0) is 11.3 Å². The van der Waals surface area contributed by atoms with Crippen LogP contribution in [-0.4, -0.2) is 36.5 Å². The molecule has 1 unspecified atom stereocenters. The standard InChI is InChI=1S/C13H24N4O2/c1-13(2)5-4-10(8-13)15-12-17-16-11(19-12)9-14-6-7-18-3/h10,14H,4-9H2,1-3H3,(H,15,17). The number of rotatable bonds is 7. The minimum Gasteiger partial charge on any atom is -0.407 e. The van der Waals surface area contributed by atoms with Gasteiger partial charge < -0.3 is 19.8 Å². The van der Waals surface area contributed by atoms with Crippen molar-refractivity contribution in [2.45, 2.75) is 45.7 Å². The summed E-state index contributed by atoms with van der Waals surface area (Å²) in [6.45, 7) is 6.63. The predicted molar refractivity (Wildman–Crippen MR) is 72.9 cm³/mol. The van der Waals surface area contributed by atoms with E-state index in [0.29, 0.717) is 36.5 Å². The quantitative estimate of drug-likeness (QED) is 0.735. The zero-order chi connectivity index (χ0) is 13.7. The van der Waals surface area contributed by atoms with E-state index in [0.717, 1.165) is 19.4 Å². The molecule has 1 aliphatic carbocycles. The molecule has 108 valence electrons. The Labute approximate surface area is 114 Å². The molecule has 1 aromatic rings. The molecule has 6 heteroatoms. The lowest BCUT2D eigenvalue weighted by Crippen LogP contribution is -2.18. The summed E-state index contributed by atoms with van der Waals surface area (Å²) in [7, 11) is 1.68. The van der Waals surface area contributed by atoms with Gasteiger partial charge in [0.1, 0.15) is 0 Å². The number of anilines is 1. The average Bonchev–Trinajstić information content (AvgIpc) is 2.92. The lowest BCUT2D eigenvalue weighted by molar-refractivity contribution is 0.198. The maximum absolute atomic E-state index is 5.56. The summed E-state index contributed by atoms with van der Waals surface area (Å²) in [4.78, 5) is 0. The molecule has 1 aromatic heterocycles. The smallest absolute Gasteiger partial charge is 0.315 e. The van der Waals surface area contributed by atoms with Crippen LogP contribution in [0.4, 0.5) is 6.01 Å². The van der Waals surface area contributed by atoms with Gasteiger partial charge in [-0.3, -0.25) is 0 Å². The van der Waals surface area contributed by atoms with Crippen molar-refractivity contribution in [3.05, 3.63) is 5.89 Å². The summed E-state index contributed by atoms with van der Waals surface area (Å²) in [6, 6.07) is 0.982. The van der Waals surface area contributed by atoms with E-state index >= 15 is 0 Å². The number of methoxy groups -OCH3 is 1. The third-order valence-electron chi connectivity index (χ3n) is 3.52. The third-order valence-corrected chi connectivity index (χ3v) is 3.52. The molecule has 0 aromatic carbocycles. The molecule has 19 heavy (non-hydrogen) atoms. The summed E-state index contributed by atoms with van der Waals surface area (Å²) in [6.07, 6.45) is 3.55. The van der Waals surface area contributed by atoms with Crippen LogP contribution in [0, 0.1) is 5.41 Å². The highest BCUT2D eigenvalue weighted by Crippen LogP contribution is 2.38. The lowest BCUT2D eigenvalue weighted by Gasteiger charge is -2.16. The summed E-state index contributed by atoms with van der Waals surface area (Å²) in [5.41, 5.74) is 0.419. The van der Waals surface area contributed by atoms with Crippen LogP contribution in [0.25, 0.3) is 0 Å². The van der Waals surface area contributed by atoms with Crippen molar-refractivity contribution < 1.29 is 9.15 Å². The van der Waals surface area contributed by atoms with Crippen LogP contribution < -0.4 is 10.6 Å². The van der Waals surface area contributed by atoms with Crippen LogP contribution in [0.5, 0.6) is 0 Å². The molecule has 2 rings (SSSR count). The monoisotopic (exact) mass is 268 g/mol.